The highest BCUT2D eigenvalue weighted by Gasteiger charge is 2.36. The lowest BCUT2D eigenvalue weighted by atomic mass is 10.2. The molecule has 1 aromatic carbocycles. The summed E-state index contributed by atoms with van der Waals surface area (Å²) in [7, 11) is -1.60. The summed E-state index contributed by atoms with van der Waals surface area (Å²) in [6, 6.07) is 3.05. The minimum absolute atomic E-state index is 0.366. The lowest BCUT2D eigenvalue weighted by Gasteiger charge is -2.18. The molecular formula is C16H19N3O5S2. The van der Waals surface area contributed by atoms with Crippen LogP contribution in [0.1, 0.15) is 12.8 Å². The predicted molar refractivity (Wildman–Crippen MR) is 96.9 cm³/mol. The number of nitrogens with zero attached hydrogens (tertiary/aromatic N) is 3. The van der Waals surface area contributed by atoms with E-state index in [-0.39, 0.29) is 0 Å². The molecule has 1 amide bonds. The summed E-state index contributed by atoms with van der Waals surface area (Å²) < 4.78 is 38.9. The van der Waals surface area contributed by atoms with Crippen LogP contribution in [0.25, 0.3) is 10.2 Å². The Bertz CT molecular complexity index is 1050. The standard InChI is InChI=1S/C16H19N3O5S2/c1-18-11-8-12-13(24-7-6-23-12)9-14(11)25-16(18)17-15(20)10-4-3-5-19(10)26(2,21)22/h8-10H,3-7H2,1-2H3. The number of carbonyl (C=O) groups excluding carboxylic acids is 1. The molecule has 0 N–H and O–H groups in total. The first-order chi connectivity index (χ1) is 12.3. The smallest absolute Gasteiger partial charge is 0.266 e. The number of aromatic nitrogens is 1. The SMILES string of the molecule is Cn1c(=NC(=O)C2CCCN2S(C)(=O)=O)sc2cc3c(cc21)OCCO3. The molecule has 0 bridgehead atoms. The summed E-state index contributed by atoms with van der Waals surface area (Å²) >= 11 is 1.36. The van der Waals surface area contributed by atoms with Gasteiger partial charge in [0.1, 0.15) is 19.3 Å². The Morgan fingerprint density at radius 3 is 2.65 bits per heavy atom. The van der Waals surface area contributed by atoms with Crippen LogP contribution in [0, 0.1) is 0 Å². The van der Waals surface area contributed by atoms with Crippen molar-refractivity contribution in [1.29, 1.82) is 0 Å². The van der Waals surface area contributed by atoms with E-state index in [1.54, 1.807) is 0 Å². The van der Waals surface area contributed by atoms with Gasteiger partial charge >= 0.3 is 0 Å². The zero-order valence-electron chi connectivity index (χ0n) is 14.5. The van der Waals surface area contributed by atoms with Crippen LogP contribution in [0.2, 0.25) is 0 Å². The van der Waals surface area contributed by atoms with E-state index in [1.807, 2.05) is 23.7 Å². The average molecular weight is 397 g/mol. The molecule has 26 heavy (non-hydrogen) atoms. The fourth-order valence-corrected chi connectivity index (χ4v) is 5.48. The number of sulfonamides is 1. The van der Waals surface area contributed by atoms with E-state index < -0.39 is 22.0 Å². The largest absolute Gasteiger partial charge is 0.486 e. The summed E-state index contributed by atoms with van der Waals surface area (Å²) in [5.74, 6) is 0.934. The van der Waals surface area contributed by atoms with Crippen LogP contribution in [0.5, 0.6) is 11.5 Å². The molecule has 1 atom stereocenters. The van der Waals surface area contributed by atoms with Gasteiger partial charge in [-0.15, -0.1) is 0 Å². The van der Waals surface area contributed by atoms with Gasteiger partial charge in [-0.25, -0.2) is 8.42 Å². The second kappa shape index (κ2) is 6.36. The topological polar surface area (TPSA) is 90.2 Å². The number of thiazole rings is 1. The van der Waals surface area contributed by atoms with Crippen LogP contribution >= 0.6 is 11.3 Å². The van der Waals surface area contributed by atoms with E-state index in [9.17, 15) is 13.2 Å². The summed E-state index contributed by atoms with van der Waals surface area (Å²) in [6.45, 7) is 1.38. The monoisotopic (exact) mass is 397 g/mol. The Hall–Kier alpha value is -1.91. The van der Waals surface area contributed by atoms with Gasteiger partial charge in [-0.3, -0.25) is 4.79 Å². The molecule has 1 saturated heterocycles. The van der Waals surface area contributed by atoms with Crippen LogP contribution in [-0.4, -0.2) is 55.3 Å². The van der Waals surface area contributed by atoms with E-state index in [0.29, 0.717) is 48.9 Å². The van der Waals surface area contributed by atoms with Crippen molar-refractivity contribution in [3.8, 4) is 11.5 Å². The van der Waals surface area contributed by atoms with Crippen LogP contribution < -0.4 is 14.3 Å². The van der Waals surface area contributed by atoms with E-state index in [0.717, 1.165) is 16.5 Å². The maximum atomic E-state index is 12.6. The molecule has 2 aliphatic rings. The Morgan fingerprint density at radius 2 is 1.96 bits per heavy atom. The third-order valence-corrected chi connectivity index (χ3v) is 6.98. The molecule has 1 unspecified atom stereocenters. The van der Waals surface area contributed by atoms with E-state index >= 15 is 0 Å². The number of carbonyl (C=O) groups is 1. The van der Waals surface area contributed by atoms with Gasteiger partial charge in [0.25, 0.3) is 5.91 Å². The maximum absolute atomic E-state index is 12.6. The third-order valence-electron chi connectivity index (χ3n) is 4.59. The number of hydrogen-bond donors (Lipinski definition) is 0. The van der Waals surface area contributed by atoms with Crippen LogP contribution in [0.4, 0.5) is 0 Å². The molecule has 0 aliphatic carbocycles. The average Bonchev–Trinajstić information content (AvgIpc) is 3.19. The Morgan fingerprint density at radius 1 is 1.27 bits per heavy atom. The molecule has 0 radical (unpaired) electrons. The van der Waals surface area contributed by atoms with Crippen molar-refractivity contribution in [2.24, 2.45) is 12.0 Å². The highest BCUT2D eigenvalue weighted by molar-refractivity contribution is 7.88. The summed E-state index contributed by atoms with van der Waals surface area (Å²) in [4.78, 5) is 17.4. The van der Waals surface area contributed by atoms with E-state index in [2.05, 4.69) is 4.99 Å². The molecule has 1 fully saturated rings. The summed E-state index contributed by atoms with van der Waals surface area (Å²) in [6.07, 6.45) is 2.29. The highest BCUT2D eigenvalue weighted by Crippen LogP contribution is 2.35. The molecule has 10 heteroatoms. The number of fused-ring (bicyclic) bond motifs is 2. The van der Waals surface area contributed by atoms with Crippen molar-refractivity contribution < 1.29 is 22.7 Å². The minimum Gasteiger partial charge on any atom is -0.486 e. The molecule has 2 aliphatic heterocycles. The fourth-order valence-electron chi connectivity index (χ4n) is 3.32. The molecule has 4 rings (SSSR count). The van der Waals surface area contributed by atoms with Gasteiger partial charge in [0.15, 0.2) is 16.3 Å². The van der Waals surface area contributed by atoms with Gasteiger partial charge in [-0.1, -0.05) is 11.3 Å². The van der Waals surface area contributed by atoms with Crippen LogP contribution in [-0.2, 0) is 21.9 Å². The number of aryl methyl sites for hydroxylation is 1. The van der Waals surface area contributed by atoms with Gasteiger partial charge in [-0.05, 0) is 12.8 Å². The highest BCUT2D eigenvalue weighted by atomic mass is 32.2. The second-order valence-electron chi connectivity index (χ2n) is 6.39. The minimum atomic E-state index is -3.42. The molecular weight excluding hydrogens is 378 g/mol. The molecule has 8 nitrogen and oxygen atoms in total. The van der Waals surface area contributed by atoms with Gasteiger partial charge in [0.2, 0.25) is 10.0 Å². The van der Waals surface area contributed by atoms with E-state index in [4.69, 9.17) is 9.47 Å². The van der Waals surface area contributed by atoms with Gasteiger partial charge in [0.05, 0.1) is 16.5 Å². The van der Waals surface area contributed by atoms with Crippen molar-refractivity contribution in [1.82, 2.24) is 8.87 Å². The van der Waals surface area contributed by atoms with Crippen molar-refractivity contribution >= 4 is 37.5 Å². The van der Waals surface area contributed by atoms with Crippen molar-refractivity contribution in [3.63, 3.8) is 0 Å². The van der Waals surface area contributed by atoms with Crippen molar-refractivity contribution in [2.45, 2.75) is 18.9 Å². The second-order valence-corrected chi connectivity index (χ2v) is 9.33. The lowest BCUT2D eigenvalue weighted by molar-refractivity contribution is -0.121. The van der Waals surface area contributed by atoms with Crippen LogP contribution in [0.15, 0.2) is 17.1 Å². The maximum Gasteiger partial charge on any atom is 0.266 e. The molecule has 0 saturated carbocycles. The zero-order chi connectivity index (χ0) is 18.5. The Balaban J connectivity index is 1.74. The predicted octanol–water partition coefficient (Wildman–Crippen LogP) is 0.862. The fraction of sp³-hybridized carbons (Fsp3) is 0.500. The molecule has 0 spiro atoms. The molecule has 2 aromatic rings. The number of benzene rings is 1. The number of hydrogen-bond acceptors (Lipinski definition) is 6. The quantitative estimate of drug-likeness (QED) is 0.750. The molecule has 1 aromatic heterocycles. The normalized spacial score (nSPS) is 21.5. The van der Waals surface area contributed by atoms with Gasteiger partial charge in [-0.2, -0.15) is 9.30 Å². The lowest BCUT2D eigenvalue weighted by Crippen LogP contribution is -2.39. The first-order valence-corrected chi connectivity index (χ1v) is 11.0. The number of ether oxygens (including phenoxy) is 2. The van der Waals surface area contributed by atoms with Crippen molar-refractivity contribution in [2.75, 3.05) is 26.0 Å². The number of amides is 1. The van der Waals surface area contributed by atoms with Crippen LogP contribution in [0.3, 0.4) is 0 Å². The Labute approximate surface area is 154 Å². The van der Waals surface area contributed by atoms with Crippen molar-refractivity contribution in [3.05, 3.63) is 16.9 Å². The van der Waals surface area contributed by atoms with Gasteiger partial charge < -0.3 is 14.0 Å². The molecule has 3 heterocycles. The summed E-state index contributed by atoms with van der Waals surface area (Å²) in [5.41, 5.74) is 0.886. The van der Waals surface area contributed by atoms with Gasteiger partial charge in [0, 0.05) is 25.7 Å². The first-order valence-electron chi connectivity index (χ1n) is 8.29. The Kier molecular flexibility index (Phi) is 4.28. The zero-order valence-corrected chi connectivity index (χ0v) is 16.1. The first kappa shape index (κ1) is 17.5. The molecule has 140 valence electrons. The number of rotatable bonds is 2. The summed E-state index contributed by atoms with van der Waals surface area (Å²) in [5, 5.41) is 0. The van der Waals surface area contributed by atoms with E-state index in [1.165, 1.54) is 15.6 Å². The third kappa shape index (κ3) is 3.01.